The number of ether oxygens (including phenoxy) is 1. The van der Waals surface area contributed by atoms with Crippen LogP contribution < -0.4 is 0 Å². The van der Waals surface area contributed by atoms with Crippen molar-refractivity contribution >= 4 is 28.9 Å². The van der Waals surface area contributed by atoms with Gasteiger partial charge in [0.15, 0.2) is 0 Å². The van der Waals surface area contributed by atoms with Crippen LogP contribution >= 0.6 is 17.0 Å². The summed E-state index contributed by atoms with van der Waals surface area (Å²) in [4.78, 5) is 26.9. The second kappa shape index (κ2) is 7.38. The van der Waals surface area contributed by atoms with Crippen LogP contribution in [0, 0.1) is 0 Å². The predicted octanol–water partition coefficient (Wildman–Crippen LogP) is 0.752. The number of carboxylic acids is 1. The number of carbonyl (C=O) groups is 2. The van der Waals surface area contributed by atoms with Gasteiger partial charge in [0, 0.05) is 33.2 Å². The van der Waals surface area contributed by atoms with E-state index in [2.05, 4.69) is 0 Å². The maximum absolute atomic E-state index is 11.6. The lowest BCUT2D eigenvalue weighted by Crippen LogP contribution is -2.55. The van der Waals surface area contributed by atoms with Crippen molar-refractivity contribution < 1.29 is 19.4 Å². The Labute approximate surface area is 129 Å². The van der Waals surface area contributed by atoms with Crippen molar-refractivity contribution in [3.8, 4) is 0 Å². The van der Waals surface area contributed by atoms with Gasteiger partial charge in [0.2, 0.25) is 5.91 Å². The summed E-state index contributed by atoms with van der Waals surface area (Å²) in [6.45, 7) is 3.00. The van der Waals surface area contributed by atoms with Crippen molar-refractivity contribution in [3.05, 3.63) is 0 Å². The second-order valence-electron chi connectivity index (χ2n) is 5.34. The molecule has 1 N–H and O–H groups in total. The minimum atomic E-state index is -0.905. The summed E-state index contributed by atoms with van der Waals surface area (Å²) in [6, 6.07) is 0. The van der Waals surface area contributed by atoms with E-state index in [1.807, 2.05) is 9.80 Å². The zero-order valence-electron chi connectivity index (χ0n) is 11.8. The molecule has 0 spiro atoms. The van der Waals surface area contributed by atoms with Gasteiger partial charge in [-0.25, -0.2) is 0 Å². The van der Waals surface area contributed by atoms with Crippen molar-refractivity contribution in [1.82, 2.24) is 9.80 Å². The maximum atomic E-state index is 11.6. The first kappa shape index (κ1) is 17.4. The average Bonchev–Trinajstić information content (AvgIpc) is 2.95. The van der Waals surface area contributed by atoms with Gasteiger partial charge in [-0.2, -0.15) is 0 Å². The van der Waals surface area contributed by atoms with E-state index in [0.29, 0.717) is 25.9 Å². The molecule has 2 aliphatic heterocycles. The summed E-state index contributed by atoms with van der Waals surface area (Å²) in [6.07, 6.45) is 3.02. The molecule has 0 aromatic heterocycles. The Hall–Kier alpha value is -0.660. The summed E-state index contributed by atoms with van der Waals surface area (Å²) >= 11 is 0. The van der Waals surface area contributed by atoms with Gasteiger partial charge in [-0.05, 0) is 25.8 Å². The van der Waals surface area contributed by atoms with E-state index >= 15 is 0 Å². The molecule has 0 aromatic carbocycles. The third kappa shape index (κ3) is 3.32. The lowest BCUT2D eigenvalue weighted by molar-refractivity contribution is -0.153. The van der Waals surface area contributed by atoms with Crippen molar-refractivity contribution in [1.29, 1.82) is 0 Å². The normalized spacial score (nSPS) is 26.9. The molecule has 2 aliphatic rings. The van der Waals surface area contributed by atoms with E-state index in [0.717, 1.165) is 25.9 Å². The number of aliphatic carboxylic acids is 1. The molecule has 2 saturated heterocycles. The van der Waals surface area contributed by atoms with Crippen LogP contribution in [0.2, 0.25) is 0 Å². The van der Waals surface area contributed by atoms with Crippen molar-refractivity contribution in [3.63, 3.8) is 0 Å². The molecule has 0 aliphatic carbocycles. The number of likely N-dealkylation sites (tertiary alicyclic amines) is 2. The number of hydrogen-bond donors (Lipinski definition) is 1. The molecule has 0 saturated carbocycles. The number of hydrogen-bond acceptors (Lipinski definition) is 4. The molecular weight excluding hydrogens is 328 g/mol. The number of rotatable bonds is 6. The molecule has 116 valence electrons. The highest BCUT2D eigenvalue weighted by molar-refractivity contribution is 8.93. The fourth-order valence-electron chi connectivity index (χ4n) is 3.15. The highest BCUT2D eigenvalue weighted by Crippen LogP contribution is 2.30. The Kier molecular flexibility index (Phi) is 6.42. The summed E-state index contributed by atoms with van der Waals surface area (Å²) in [7, 11) is 1.53. The highest BCUT2D eigenvalue weighted by Gasteiger charge is 2.47. The molecule has 0 radical (unpaired) electrons. The lowest BCUT2D eigenvalue weighted by Gasteiger charge is -2.35. The maximum Gasteiger partial charge on any atom is 0.326 e. The van der Waals surface area contributed by atoms with E-state index in [1.54, 1.807) is 0 Å². The Balaban J connectivity index is 0.00000200. The van der Waals surface area contributed by atoms with Gasteiger partial charge in [0.25, 0.3) is 0 Å². The molecule has 2 fully saturated rings. The van der Waals surface area contributed by atoms with Crippen LogP contribution in [-0.4, -0.2) is 72.2 Å². The smallest absolute Gasteiger partial charge is 0.326 e. The SMILES string of the molecule is Br.COCC1(C(=O)O)CCCN1CCN1CCCC1=O. The Morgan fingerprint density at radius 3 is 2.65 bits per heavy atom. The largest absolute Gasteiger partial charge is 0.480 e. The Morgan fingerprint density at radius 1 is 1.35 bits per heavy atom. The Morgan fingerprint density at radius 2 is 2.10 bits per heavy atom. The molecular formula is C13H23BrN2O4. The van der Waals surface area contributed by atoms with Crippen LogP contribution in [0.1, 0.15) is 25.7 Å². The molecule has 1 atom stereocenters. The summed E-state index contributed by atoms with van der Waals surface area (Å²) in [5.41, 5.74) is -0.905. The van der Waals surface area contributed by atoms with Crippen LogP contribution in [0.25, 0.3) is 0 Å². The molecule has 1 unspecified atom stereocenters. The topological polar surface area (TPSA) is 70.1 Å². The number of methoxy groups -OCH3 is 1. The third-order valence-electron chi connectivity index (χ3n) is 4.22. The zero-order valence-corrected chi connectivity index (χ0v) is 13.6. The molecule has 0 aromatic rings. The van der Waals surface area contributed by atoms with Gasteiger partial charge in [-0.15, -0.1) is 17.0 Å². The van der Waals surface area contributed by atoms with E-state index in [-0.39, 0.29) is 29.5 Å². The monoisotopic (exact) mass is 350 g/mol. The minimum Gasteiger partial charge on any atom is -0.480 e. The standard InChI is InChI=1S/C13H22N2O4.BrH/c1-19-10-13(12(17)18)5-3-7-15(13)9-8-14-6-2-4-11(14)16;/h2-10H2,1H3,(H,17,18);1H. The first-order valence-corrected chi connectivity index (χ1v) is 6.85. The quantitative estimate of drug-likeness (QED) is 0.765. The zero-order chi connectivity index (χ0) is 13.9. The fourth-order valence-corrected chi connectivity index (χ4v) is 3.15. The number of amides is 1. The van der Waals surface area contributed by atoms with Gasteiger partial charge in [0.1, 0.15) is 5.54 Å². The van der Waals surface area contributed by atoms with Crippen molar-refractivity contribution in [2.45, 2.75) is 31.2 Å². The van der Waals surface area contributed by atoms with Crippen LogP contribution in [0.3, 0.4) is 0 Å². The van der Waals surface area contributed by atoms with Gasteiger partial charge in [-0.3, -0.25) is 14.5 Å². The molecule has 0 bridgehead atoms. The summed E-state index contributed by atoms with van der Waals surface area (Å²) in [5, 5.41) is 9.51. The van der Waals surface area contributed by atoms with E-state index in [4.69, 9.17) is 4.74 Å². The summed E-state index contributed by atoms with van der Waals surface area (Å²) < 4.78 is 5.11. The number of carbonyl (C=O) groups excluding carboxylic acids is 1. The average molecular weight is 351 g/mol. The fraction of sp³-hybridized carbons (Fsp3) is 0.846. The minimum absolute atomic E-state index is 0. The van der Waals surface area contributed by atoms with Gasteiger partial charge in [-0.1, -0.05) is 0 Å². The molecule has 2 rings (SSSR count). The van der Waals surface area contributed by atoms with Crippen molar-refractivity contribution in [2.75, 3.05) is 39.9 Å². The first-order valence-electron chi connectivity index (χ1n) is 6.85. The number of halogens is 1. The predicted molar refractivity (Wildman–Crippen MR) is 79.2 cm³/mol. The van der Waals surface area contributed by atoms with Crippen LogP contribution in [0.5, 0.6) is 0 Å². The molecule has 1 amide bonds. The molecule has 20 heavy (non-hydrogen) atoms. The summed E-state index contributed by atoms with van der Waals surface area (Å²) in [5.74, 6) is -0.633. The van der Waals surface area contributed by atoms with Crippen LogP contribution in [0.15, 0.2) is 0 Å². The van der Waals surface area contributed by atoms with Crippen molar-refractivity contribution in [2.24, 2.45) is 0 Å². The molecule has 6 nitrogen and oxygen atoms in total. The van der Waals surface area contributed by atoms with Crippen LogP contribution in [0.4, 0.5) is 0 Å². The van der Waals surface area contributed by atoms with E-state index in [1.165, 1.54) is 7.11 Å². The Bertz CT molecular complexity index is 366. The van der Waals surface area contributed by atoms with Crippen LogP contribution in [-0.2, 0) is 14.3 Å². The third-order valence-corrected chi connectivity index (χ3v) is 4.22. The first-order chi connectivity index (χ1) is 9.10. The lowest BCUT2D eigenvalue weighted by atomic mass is 9.97. The second-order valence-corrected chi connectivity index (χ2v) is 5.34. The number of nitrogens with zero attached hydrogens (tertiary/aromatic N) is 2. The molecule has 7 heteroatoms. The van der Waals surface area contributed by atoms with Gasteiger partial charge >= 0.3 is 5.97 Å². The number of carboxylic acid groups (broad SMARTS) is 1. The van der Waals surface area contributed by atoms with E-state index < -0.39 is 11.5 Å². The highest BCUT2D eigenvalue weighted by atomic mass is 79.9. The van der Waals surface area contributed by atoms with Gasteiger partial charge < -0.3 is 14.7 Å². The van der Waals surface area contributed by atoms with E-state index in [9.17, 15) is 14.7 Å². The van der Waals surface area contributed by atoms with Gasteiger partial charge in [0.05, 0.1) is 6.61 Å². The molecule has 2 heterocycles.